The Morgan fingerprint density at radius 3 is 2.71 bits per heavy atom. The Labute approximate surface area is 83.9 Å². The summed E-state index contributed by atoms with van der Waals surface area (Å²) in [6, 6.07) is 6.78. The lowest BCUT2D eigenvalue weighted by Crippen LogP contribution is -2.03. The number of hydrogen-bond acceptors (Lipinski definition) is 1. The van der Waals surface area contributed by atoms with Crippen molar-refractivity contribution >= 4 is 5.78 Å². The highest BCUT2D eigenvalue weighted by molar-refractivity contribution is 5.96. The summed E-state index contributed by atoms with van der Waals surface area (Å²) in [5.41, 5.74) is 1.19. The zero-order valence-corrected chi connectivity index (χ0v) is 8.59. The molecule has 2 heteroatoms. The fourth-order valence-electron chi connectivity index (χ4n) is 1.32. The predicted molar refractivity (Wildman–Crippen MR) is 55.0 cm³/mol. The maximum atomic E-state index is 12.3. The minimum Gasteiger partial charge on any atom is -0.294 e. The third-order valence-corrected chi connectivity index (χ3v) is 2.00. The Morgan fingerprint density at radius 1 is 1.43 bits per heavy atom. The molecule has 0 N–H and O–H groups in total. The van der Waals surface area contributed by atoms with Crippen molar-refractivity contribution in [1.82, 2.24) is 0 Å². The quantitative estimate of drug-likeness (QED) is 0.671. The van der Waals surface area contributed by atoms with Gasteiger partial charge in [0.1, 0.15) is 6.67 Å². The Morgan fingerprint density at radius 2 is 2.14 bits per heavy atom. The highest BCUT2D eigenvalue weighted by Gasteiger charge is 2.08. The molecule has 1 aromatic carbocycles. The van der Waals surface area contributed by atoms with Crippen molar-refractivity contribution in [3.63, 3.8) is 0 Å². The summed E-state index contributed by atoms with van der Waals surface area (Å²) >= 11 is 0. The van der Waals surface area contributed by atoms with Gasteiger partial charge in [-0.1, -0.05) is 32.0 Å². The SMILES string of the molecule is CC(C)CC(=O)c1cccc(CF)c1. The summed E-state index contributed by atoms with van der Waals surface area (Å²) < 4.78 is 12.3. The molecule has 1 rings (SSSR count). The largest absolute Gasteiger partial charge is 0.294 e. The van der Waals surface area contributed by atoms with E-state index < -0.39 is 6.67 Å². The van der Waals surface area contributed by atoms with Gasteiger partial charge in [-0.25, -0.2) is 4.39 Å². The Hall–Kier alpha value is -1.18. The Kier molecular flexibility index (Phi) is 3.81. The summed E-state index contributed by atoms with van der Waals surface area (Å²) in [6.45, 7) is 3.48. The topological polar surface area (TPSA) is 17.1 Å². The van der Waals surface area contributed by atoms with E-state index in [0.717, 1.165) is 0 Å². The number of carbonyl (C=O) groups excluding carboxylic acids is 1. The average molecular weight is 194 g/mol. The zero-order chi connectivity index (χ0) is 10.6. The first-order chi connectivity index (χ1) is 6.63. The highest BCUT2D eigenvalue weighted by Crippen LogP contribution is 2.12. The van der Waals surface area contributed by atoms with E-state index in [4.69, 9.17) is 0 Å². The average Bonchev–Trinajstić information content (AvgIpc) is 2.17. The number of alkyl halides is 1. The van der Waals surface area contributed by atoms with E-state index in [0.29, 0.717) is 23.5 Å². The summed E-state index contributed by atoms with van der Waals surface area (Å²) in [4.78, 5) is 11.6. The number of Topliss-reactive ketones (excluding diaryl/α,β-unsaturated/α-hetero) is 1. The van der Waals surface area contributed by atoms with Gasteiger partial charge in [0.2, 0.25) is 0 Å². The highest BCUT2D eigenvalue weighted by atomic mass is 19.1. The lowest BCUT2D eigenvalue weighted by molar-refractivity contribution is 0.0967. The molecular formula is C12H15FO. The standard InChI is InChI=1S/C12H15FO/c1-9(2)6-12(14)11-5-3-4-10(7-11)8-13/h3-5,7,9H,6,8H2,1-2H3. The number of benzene rings is 1. The molecule has 76 valence electrons. The molecule has 0 aliphatic heterocycles. The smallest absolute Gasteiger partial charge is 0.163 e. The molecule has 0 saturated heterocycles. The number of ketones is 1. The fourth-order valence-corrected chi connectivity index (χ4v) is 1.32. The second-order valence-electron chi connectivity index (χ2n) is 3.86. The molecule has 0 spiro atoms. The molecule has 1 nitrogen and oxygen atoms in total. The number of rotatable bonds is 4. The van der Waals surface area contributed by atoms with Crippen molar-refractivity contribution in [2.75, 3.05) is 0 Å². The second-order valence-corrected chi connectivity index (χ2v) is 3.86. The van der Waals surface area contributed by atoms with Gasteiger partial charge in [0, 0.05) is 12.0 Å². The van der Waals surface area contributed by atoms with Crippen molar-refractivity contribution in [2.45, 2.75) is 26.9 Å². The van der Waals surface area contributed by atoms with Gasteiger partial charge in [-0.3, -0.25) is 4.79 Å². The molecule has 1 aromatic rings. The Balaban J connectivity index is 2.79. The van der Waals surface area contributed by atoms with Gasteiger partial charge in [0.15, 0.2) is 5.78 Å². The number of carbonyl (C=O) groups is 1. The van der Waals surface area contributed by atoms with E-state index in [1.165, 1.54) is 0 Å². The molecule has 0 unspecified atom stereocenters. The molecule has 0 fully saturated rings. The van der Waals surface area contributed by atoms with Crippen LogP contribution in [0.5, 0.6) is 0 Å². The van der Waals surface area contributed by atoms with E-state index in [2.05, 4.69) is 0 Å². The second kappa shape index (κ2) is 4.89. The molecule has 0 amide bonds. The van der Waals surface area contributed by atoms with Gasteiger partial charge in [0.25, 0.3) is 0 Å². The lowest BCUT2D eigenvalue weighted by atomic mass is 10.00. The third kappa shape index (κ3) is 2.95. The van der Waals surface area contributed by atoms with Crippen LogP contribution in [0.2, 0.25) is 0 Å². The van der Waals surface area contributed by atoms with Crippen LogP contribution < -0.4 is 0 Å². The van der Waals surface area contributed by atoms with Crippen molar-refractivity contribution < 1.29 is 9.18 Å². The van der Waals surface area contributed by atoms with E-state index in [-0.39, 0.29) is 5.78 Å². The molecule has 0 atom stereocenters. The monoisotopic (exact) mass is 194 g/mol. The van der Waals surface area contributed by atoms with Crippen LogP contribution in [0.1, 0.15) is 36.2 Å². The number of hydrogen-bond donors (Lipinski definition) is 0. The van der Waals surface area contributed by atoms with E-state index in [1.54, 1.807) is 24.3 Å². The van der Waals surface area contributed by atoms with Crippen LogP contribution in [0.15, 0.2) is 24.3 Å². The number of halogens is 1. The molecule has 0 heterocycles. The minimum absolute atomic E-state index is 0.0929. The van der Waals surface area contributed by atoms with Crippen molar-refractivity contribution in [1.29, 1.82) is 0 Å². The molecular weight excluding hydrogens is 179 g/mol. The summed E-state index contributed by atoms with van der Waals surface area (Å²) in [7, 11) is 0. The first-order valence-corrected chi connectivity index (χ1v) is 4.81. The first kappa shape index (κ1) is 10.9. The maximum Gasteiger partial charge on any atom is 0.163 e. The van der Waals surface area contributed by atoms with Gasteiger partial charge in [-0.05, 0) is 17.5 Å². The Bertz CT molecular complexity index is 318. The van der Waals surface area contributed by atoms with Gasteiger partial charge in [-0.2, -0.15) is 0 Å². The van der Waals surface area contributed by atoms with Crippen molar-refractivity contribution in [3.8, 4) is 0 Å². The van der Waals surface area contributed by atoms with Crippen molar-refractivity contribution in [3.05, 3.63) is 35.4 Å². The van der Waals surface area contributed by atoms with E-state index in [1.807, 2.05) is 13.8 Å². The van der Waals surface area contributed by atoms with Gasteiger partial charge in [-0.15, -0.1) is 0 Å². The van der Waals surface area contributed by atoms with Crippen LogP contribution in [0.3, 0.4) is 0 Å². The van der Waals surface area contributed by atoms with E-state index >= 15 is 0 Å². The molecule has 0 saturated carbocycles. The lowest BCUT2D eigenvalue weighted by Gasteiger charge is -2.04. The maximum absolute atomic E-state index is 12.3. The van der Waals surface area contributed by atoms with Gasteiger partial charge in [0.05, 0.1) is 0 Å². The van der Waals surface area contributed by atoms with Gasteiger partial charge < -0.3 is 0 Å². The third-order valence-electron chi connectivity index (χ3n) is 2.00. The van der Waals surface area contributed by atoms with Crippen LogP contribution in [-0.2, 0) is 6.67 Å². The summed E-state index contributed by atoms with van der Waals surface area (Å²) in [6.07, 6.45) is 0.524. The molecule has 0 radical (unpaired) electrons. The zero-order valence-electron chi connectivity index (χ0n) is 8.59. The van der Waals surface area contributed by atoms with Gasteiger partial charge >= 0.3 is 0 Å². The first-order valence-electron chi connectivity index (χ1n) is 4.81. The summed E-state index contributed by atoms with van der Waals surface area (Å²) in [5, 5.41) is 0. The molecule has 0 aromatic heterocycles. The van der Waals surface area contributed by atoms with Crippen LogP contribution in [-0.4, -0.2) is 5.78 Å². The van der Waals surface area contributed by atoms with Crippen LogP contribution in [0.25, 0.3) is 0 Å². The van der Waals surface area contributed by atoms with E-state index in [9.17, 15) is 9.18 Å². The van der Waals surface area contributed by atoms with Crippen LogP contribution in [0, 0.1) is 5.92 Å². The van der Waals surface area contributed by atoms with Crippen molar-refractivity contribution in [2.24, 2.45) is 5.92 Å². The molecule has 14 heavy (non-hydrogen) atoms. The minimum atomic E-state index is -0.511. The molecule has 0 aliphatic carbocycles. The van der Waals surface area contributed by atoms with Crippen LogP contribution >= 0.6 is 0 Å². The summed E-state index contributed by atoms with van der Waals surface area (Å²) in [5.74, 6) is 0.437. The molecule has 0 aliphatic rings. The predicted octanol–water partition coefficient (Wildman–Crippen LogP) is 3.38. The fraction of sp³-hybridized carbons (Fsp3) is 0.417. The molecule has 0 bridgehead atoms. The van der Waals surface area contributed by atoms with Crippen LogP contribution in [0.4, 0.5) is 4.39 Å². The normalized spacial score (nSPS) is 10.6.